The molecule has 116 valence electrons. The highest BCUT2D eigenvalue weighted by Crippen LogP contribution is 2.27. The number of methoxy groups -OCH3 is 1. The second-order valence-electron chi connectivity index (χ2n) is 4.12. The number of esters is 1. The van der Waals surface area contributed by atoms with E-state index in [4.69, 9.17) is 0 Å². The van der Waals surface area contributed by atoms with E-state index in [9.17, 15) is 22.4 Å². The molecular weight excluding hydrogens is 306 g/mol. The zero-order valence-electron chi connectivity index (χ0n) is 11.1. The van der Waals surface area contributed by atoms with Gasteiger partial charge in [0.2, 0.25) is 0 Å². The molecule has 0 saturated heterocycles. The number of pyridine rings is 1. The van der Waals surface area contributed by atoms with Crippen molar-refractivity contribution in [3.05, 3.63) is 47.9 Å². The molecule has 0 saturated carbocycles. The minimum absolute atomic E-state index is 0.106. The Kier molecular flexibility index (Phi) is 4.30. The van der Waals surface area contributed by atoms with Gasteiger partial charge in [-0.25, -0.2) is 9.18 Å². The van der Waals surface area contributed by atoms with Crippen LogP contribution in [0.5, 0.6) is 5.75 Å². The number of nitrogens with zero attached hydrogens (tertiary/aromatic N) is 1. The molecule has 0 bridgehead atoms. The molecule has 2 aromatic rings. The average molecular weight is 315 g/mol. The van der Waals surface area contributed by atoms with Crippen LogP contribution in [0.3, 0.4) is 0 Å². The van der Waals surface area contributed by atoms with Crippen LogP contribution in [0.2, 0.25) is 0 Å². The van der Waals surface area contributed by atoms with E-state index < -0.39 is 23.9 Å². The smallest absolute Gasteiger partial charge is 0.465 e. The third kappa shape index (κ3) is 3.72. The first-order chi connectivity index (χ1) is 10.3. The fourth-order valence-electron chi connectivity index (χ4n) is 1.72. The Balaban J connectivity index is 2.40. The molecule has 2 rings (SSSR count). The van der Waals surface area contributed by atoms with Crippen LogP contribution in [0.1, 0.15) is 10.4 Å². The van der Waals surface area contributed by atoms with Crippen molar-refractivity contribution in [3.8, 4) is 17.0 Å². The van der Waals surface area contributed by atoms with Gasteiger partial charge in [-0.15, -0.1) is 13.2 Å². The summed E-state index contributed by atoms with van der Waals surface area (Å²) in [5, 5.41) is 0. The van der Waals surface area contributed by atoms with Crippen LogP contribution in [-0.2, 0) is 4.74 Å². The average Bonchev–Trinajstić information content (AvgIpc) is 2.45. The monoisotopic (exact) mass is 315 g/mol. The van der Waals surface area contributed by atoms with Crippen LogP contribution in [0.4, 0.5) is 17.6 Å². The van der Waals surface area contributed by atoms with Crippen LogP contribution < -0.4 is 4.74 Å². The molecule has 0 unspecified atom stereocenters. The van der Waals surface area contributed by atoms with Gasteiger partial charge in [0, 0.05) is 5.56 Å². The van der Waals surface area contributed by atoms with Gasteiger partial charge < -0.3 is 9.47 Å². The summed E-state index contributed by atoms with van der Waals surface area (Å²) in [5.41, 5.74) is -0.0315. The molecule has 0 spiro atoms. The van der Waals surface area contributed by atoms with Gasteiger partial charge in [-0.2, -0.15) is 0 Å². The maximum absolute atomic E-state index is 13.5. The van der Waals surface area contributed by atoms with Gasteiger partial charge >= 0.3 is 12.3 Å². The quantitative estimate of drug-likeness (QED) is 0.642. The van der Waals surface area contributed by atoms with Gasteiger partial charge in [0.05, 0.1) is 24.6 Å². The van der Waals surface area contributed by atoms with Crippen molar-refractivity contribution in [2.75, 3.05) is 7.11 Å². The van der Waals surface area contributed by atoms with E-state index >= 15 is 0 Å². The first-order valence-corrected chi connectivity index (χ1v) is 5.90. The summed E-state index contributed by atoms with van der Waals surface area (Å²) in [7, 11) is 1.08. The number of hydrogen-bond donors (Lipinski definition) is 0. The summed E-state index contributed by atoms with van der Waals surface area (Å²) in [6, 6.07) is 6.05. The first-order valence-electron chi connectivity index (χ1n) is 5.90. The molecule has 0 aliphatic heterocycles. The van der Waals surface area contributed by atoms with Crippen molar-refractivity contribution in [2.45, 2.75) is 6.36 Å². The number of rotatable bonds is 3. The van der Waals surface area contributed by atoms with Crippen LogP contribution in [-0.4, -0.2) is 24.4 Å². The summed E-state index contributed by atoms with van der Waals surface area (Å²) in [4.78, 5) is 15.2. The number of alkyl halides is 3. The van der Waals surface area contributed by atoms with Crippen LogP contribution in [0, 0.1) is 5.82 Å². The summed E-state index contributed by atoms with van der Waals surface area (Å²) in [6.45, 7) is 0. The second kappa shape index (κ2) is 6.00. The molecule has 8 heteroatoms. The lowest BCUT2D eigenvalue weighted by atomic mass is 10.1. The van der Waals surface area contributed by atoms with Crippen molar-refractivity contribution < 1.29 is 31.8 Å². The first kappa shape index (κ1) is 15.7. The Labute approximate surface area is 122 Å². The minimum Gasteiger partial charge on any atom is -0.465 e. The lowest BCUT2D eigenvalue weighted by molar-refractivity contribution is -0.274. The van der Waals surface area contributed by atoms with E-state index in [2.05, 4.69) is 14.5 Å². The Morgan fingerprint density at radius 1 is 1.23 bits per heavy atom. The topological polar surface area (TPSA) is 48.4 Å². The molecule has 0 amide bonds. The Hall–Kier alpha value is -2.64. The van der Waals surface area contributed by atoms with Gasteiger partial charge in [-0.05, 0) is 18.2 Å². The van der Waals surface area contributed by atoms with Crippen molar-refractivity contribution in [1.82, 2.24) is 4.98 Å². The molecule has 0 N–H and O–H groups in total. The summed E-state index contributed by atoms with van der Waals surface area (Å²) in [5.74, 6) is -2.25. The number of aromatic nitrogens is 1. The van der Waals surface area contributed by atoms with Crippen molar-refractivity contribution in [3.63, 3.8) is 0 Å². The summed E-state index contributed by atoms with van der Waals surface area (Å²) >= 11 is 0. The van der Waals surface area contributed by atoms with Gasteiger partial charge in [-0.1, -0.05) is 12.1 Å². The zero-order chi connectivity index (χ0) is 16.3. The molecule has 22 heavy (non-hydrogen) atoms. The number of halogens is 4. The lowest BCUT2D eigenvalue weighted by Gasteiger charge is -2.10. The van der Waals surface area contributed by atoms with E-state index in [1.807, 2.05) is 0 Å². The predicted molar refractivity (Wildman–Crippen MR) is 67.7 cm³/mol. The minimum atomic E-state index is -4.83. The van der Waals surface area contributed by atoms with Gasteiger partial charge in [0.25, 0.3) is 0 Å². The summed E-state index contributed by atoms with van der Waals surface area (Å²) < 4.78 is 58.3. The molecule has 0 radical (unpaired) electrons. The maximum atomic E-state index is 13.5. The molecule has 4 nitrogen and oxygen atoms in total. The lowest BCUT2D eigenvalue weighted by Crippen LogP contribution is -2.17. The molecular formula is C14H9F4NO3. The fraction of sp³-hybridized carbons (Fsp3) is 0.143. The number of benzene rings is 1. The SMILES string of the molecule is COC(=O)c1cc(-c2cccc(OC(F)(F)F)c2)ncc1F. The molecule has 1 heterocycles. The standard InChI is InChI=1S/C14H9F4NO3/c1-21-13(20)10-6-12(19-7-11(10)15)8-3-2-4-9(5-8)22-14(16,17)18/h2-7H,1H3. The highest BCUT2D eigenvalue weighted by atomic mass is 19.4. The van der Waals surface area contributed by atoms with E-state index in [0.29, 0.717) is 0 Å². The van der Waals surface area contributed by atoms with Crippen LogP contribution >= 0.6 is 0 Å². The largest absolute Gasteiger partial charge is 0.573 e. The number of carbonyl (C=O) groups excluding carboxylic acids is 1. The van der Waals surface area contributed by atoms with Gasteiger partial charge in [0.1, 0.15) is 5.75 Å². The fourth-order valence-corrected chi connectivity index (χ4v) is 1.72. The number of ether oxygens (including phenoxy) is 2. The molecule has 1 aromatic carbocycles. The van der Waals surface area contributed by atoms with Crippen LogP contribution in [0.15, 0.2) is 36.5 Å². The van der Waals surface area contributed by atoms with Crippen molar-refractivity contribution in [1.29, 1.82) is 0 Å². The number of hydrogen-bond acceptors (Lipinski definition) is 4. The Morgan fingerprint density at radius 2 is 1.95 bits per heavy atom. The van der Waals surface area contributed by atoms with Crippen molar-refractivity contribution >= 4 is 5.97 Å². The number of carbonyl (C=O) groups is 1. The molecule has 0 aliphatic carbocycles. The molecule has 0 aliphatic rings. The third-order valence-corrected chi connectivity index (χ3v) is 2.62. The van der Waals surface area contributed by atoms with Crippen LogP contribution in [0.25, 0.3) is 11.3 Å². The van der Waals surface area contributed by atoms with Crippen molar-refractivity contribution in [2.24, 2.45) is 0 Å². The van der Waals surface area contributed by atoms with E-state index in [0.717, 1.165) is 31.5 Å². The van der Waals surface area contributed by atoms with Gasteiger partial charge in [-0.3, -0.25) is 4.98 Å². The predicted octanol–water partition coefficient (Wildman–Crippen LogP) is 3.57. The van der Waals surface area contributed by atoms with E-state index in [-0.39, 0.29) is 16.8 Å². The normalized spacial score (nSPS) is 11.1. The third-order valence-electron chi connectivity index (χ3n) is 2.62. The van der Waals surface area contributed by atoms with E-state index in [1.54, 1.807) is 0 Å². The van der Waals surface area contributed by atoms with Gasteiger partial charge in [0.15, 0.2) is 5.82 Å². The highest BCUT2D eigenvalue weighted by molar-refractivity contribution is 5.90. The highest BCUT2D eigenvalue weighted by Gasteiger charge is 2.31. The molecule has 1 aromatic heterocycles. The molecule has 0 fully saturated rings. The molecule has 0 atom stereocenters. The van der Waals surface area contributed by atoms with E-state index in [1.165, 1.54) is 12.1 Å². The Morgan fingerprint density at radius 3 is 2.59 bits per heavy atom. The maximum Gasteiger partial charge on any atom is 0.573 e. The summed E-state index contributed by atoms with van der Waals surface area (Å²) in [6.07, 6.45) is -4.04. The zero-order valence-corrected chi connectivity index (χ0v) is 11.1. The second-order valence-corrected chi connectivity index (χ2v) is 4.12. The Bertz CT molecular complexity index is 701.